The summed E-state index contributed by atoms with van der Waals surface area (Å²) in [5.41, 5.74) is 1.96. The Balaban J connectivity index is 0.00000363. The van der Waals surface area contributed by atoms with Crippen LogP contribution in [0.2, 0.25) is 0 Å². The van der Waals surface area contributed by atoms with Gasteiger partial charge in [0.15, 0.2) is 17.5 Å². The number of anilines is 2. The minimum atomic E-state index is 0. The molecule has 0 bridgehead atoms. The number of benzene rings is 1. The Labute approximate surface area is 209 Å². The number of piperidine rings is 1. The van der Waals surface area contributed by atoms with Crippen molar-refractivity contribution in [2.24, 2.45) is 10.9 Å². The van der Waals surface area contributed by atoms with Crippen LogP contribution < -0.4 is 25.0 Å². The van der Waals surface area contributed by atoms with Crippen LogP contribution >= 0.6 is 24.0 Å². The highest BCUT2D eigenvalue weighted by Crippen LogP contribution is 2.30. The summed E-state index contributed by atoms with van der Waals surface area (Å²) in [7, 11) is 1.64. The van der Waals surface area contributed by atoms with Crippen molar-refractivity contribution in [1.82, 2.24) is 10.3 Å². The van der Waals surface area contributed by atoms with Crippen LogP contribution in [-0.4, -0.2) is 44.3 Å². The summed E-state index contributed by atoms with van der Waals surface area (Å²) in [6, 6.07) is 9.99. The van der Waals surface area contributed by atoms with Gasteiger partial charge in [-0.15, -0.1) is 24.0 Å². The van der Waals surface area contributed by atoms with Crippen LogP contribution in [0.4, 0.5) is 11.5 Å². The third-order valence-electron chi connectivity index (χ3n) is 5.41. The minimum absolute atomic E-state index is 0. The Kier molecular flexibility index (Phi) is 10.9. The summed E-state index contributed by atoms with van der Waals surface area (Å²) in [5, 5.41) is 6.62. The molecule has 1 aliphatic rings. The number of methoxy groups -OCH3 is 1. The van der Waals surface area contributed by atoms with Gasteiger partial charge in [-0.25, -0.2) is 9.98 Å². The van der Waals surface area contributed by atoms with Gasteiger partial charge in [-0.05, 0) is 56.4 Å². The normalized spacial score (nSPS) is 14.5. The number of nitrogens with zero attached hydrogens (tertiary/aromatic N) is 3. The molecule has 0 aliphatic carbocycles. The third kappa shape index (κ3) is 7.43. The van der Waals surface area contributed by atoms with Crippen molar-refractivity contribution in [2.45, 2.75) is 40.2 Å². The standard InChI is InChI=1S/C24H35N5O2.HI/c1-5-25-24(28-20-8-9-21(31-6-2)22(15-20)30-4)27-17-19-7-10-23(26-16-19)29-13-11-18(3)12-14-29;/h7-10,15-16,18H,5-6,11-14,17H2,1-4H3,(H2,25,27,28);1H. The number of pyridine rings is 1. The van der Waals surface area contributed by atoms with E-state index in [0.717, 1.165) is 48.4 Å². The van der Waals surface area contributed by atoms with E-state index in [1.807, 2.05) is 38.2 Å². The van der Waals surface area contributed by atoms with Gasteiger partial charge in [0.25, 0.3) is 0 Å². The fourth-order valence-electron chi connectivity index (χ4n) is 3.57. The lowest BCUT2D eigenvalue weighted by Gasteiger charge is -2.31. The summed E-state index contributed by atoms with van der Waals surface area (Å²) in [6.07, 6.45) is 4.41. The molecular weight excluding hydrogens is 517 g/mol. The summed E-state index contributed by atoms with van der Waals surface area (Å²) < 4.78 is 11.0. The van der Waals surface area contributed by atoms with E-state index in [1.54, 1.807) is 7.11 Å². The molecule has 3 rings (SSSR count). The van der Waals surface area contributed by atoms with Crippen molar-refractivity contribution >= 4 is 41.4 Å². The molecule has 1 aromatic carbocycles. The lowest BCUT2D eigenvalue weighted by atomic mass is 9.99. The molecule has 1 aromatic heterocycles. The Morgan fingerprint density at radius 2 is 1.94 bits per heavy atom. The molecule has 0 saturated carbocycles. The lowest BCUT2D eigenvalue weighted by Crippen LogP contribution is -2.33. The number of aliphatic imine (C=N–C) groups is 1. The zero-order valence-corrected chi connectivity index (χ0v) is 21.9. The molecule has 0 spiro atoms. The number of ether oxygens (including phenoxy) is 2. The third-order valence-corrected chi connectivity index (χ3v) is 5.41. The largest absolute Gasteiger partial charge is 0.493 e. The van der Waals surface area contributed by atoms with Crippen LogP contribution in [0.3, 0.4) is 0 Å². The fraction of sp³-hybridized carbons (Fsp3) is 0.500. The topological polar surface area (TPSA) is 71.0 Å². The van der Waals surface area contributed by atoms with Crippen LogP contribution in [0.1, 0.15) is 39.2 Å². The quantitative estimate of drug-likeness (QED) is 0.275. The van der Waals surface area contributed by atoms with E-state index >= 15 is 0 Å². The summed E-state index contributed by atoms with van der Waals surface area (Å²) in [4.78, 5) is 11.8. The van der Waals surface area contributed by atoms with Gasteiger partial charge in [0, 0.05) is 37.6 Å². The van der Waals surface area contributed by atoms with Gasteiger partial charge in [0.05, 0.1) is 20.3 Å². The van der Waals surface area contributed by atoms with Crippen molar-refractivity contribution in [1.29, 1.82) is 0 Å². The van der Waals surface area contributed by atoms with Crippen LogP contribution in [0.5, 0.6) is 11.5 Å². The highest BCUT2D eigenvalue weighted by molar-refractivity contribution is 14.0. The molecule has 176 valence electrons. The summed E-state index contributed by atoms with van der Waals surface area (Å²) in [6.45, 7) is 10.4. The molecule has 0 amide bonds. The fourth-order valence-corrected chi connectivity index (χ4v) is 3.57. The molecule has 2 N–H and O–H groups in total. The number of nitrogens with one attached hydrogen (secondary N) is 2. The van der Waals surface area contributed by atoms with Gasteiger partial charge in [-0.3, -0.25) is 0 Å². The van der Waals surface area contributed by atoms with E-state index in [-0.39, 0.29) is 24.0 Å². The van der Waals surface area contributed by atoms with Crippen LogP contribution in [0.25, 0.3) is 0 Å². The lowest BCUT2D eigenvalue weighted by molar-refractivity contribution is 0.311. The Bertz CT molecular complexity index is 852. The first-order chi connectivity index (χ1) is 15.1. The zero-order valence-electron chi connectivity index (χ0n) is 19.6. The second-order valence-electron chi connectivity index (χ2n) is 7.81. The number of rotatable bonds is 8. The second kappa shape index (κ2) is 13.3. The highest BCUT2D eigenvalue weighted by atomic mass is 127. The molecule has 7 nitrogen and oxygen atoms in total. The van der Waals surface area contributed by atoms with E-state index in [4.69, 9.17) is 14.5 Å². The minimum Gasteiger partial charge on any atom is -0.493 e. The van der Waals surface area contributed by atoms with Crippen molar-refractivity contribution in [3.8, 4) is 11.5 Å². The predicted octanol–water partition coefficient (Wildman–Crippen LogP) is 4.92. The number of halogens is 1. The summed E-state index contributed by atoms with van der Waals surface area (Å²) in [5.74, 6) is 4.01. The molecule has 1 saturated heterocycles. The first kappa shape index (κ1) is 26.0. The van der Waals surface area contributed by atoms with Crippen LogP contribution in [0.15, 0.2) is 41.5 Å². The second-order valence-corrected chi connectivity index (χ2v) is 7.81. The molecule has 1 fully saturated rings. The van der Waals surface area contributed by atoms with Crippen molar-refractivity contribution < 1.29 is 9.47 Å². The highest BCUT2D eigenvalue weighted by Gasteiger charge is 2.16. The molecule has 2 heterocycles. The molecule has 0 atom stereocenters. The summed E-state index contributed by atoms with van der Waals surface area (Å²) >= 11 is 0. The van der Waals surface area contributed by atoms with E-state index in [9.17, 15) is 0 Å². The van der Waals surface area contributed by atoms with Gasteiger partial charge in [0.2, 0.25) is 0 Å². The SMILES string of the molecule is CCNC(=NCc1ccc(N2CCC(C)CC2)nc1)Nc1ccc(OCC)c(OC)c1.I. The van der Waals surface area contributed by atoms with Gasteiger partial charge >= 0.3 is 0 Å². The van der Waals surface area contributed by atoms with E-state index in [1.165, 1.54) is 12.8 Å². The molecule has 2 aromatic rings. The predicted molar refractivity (Wildman–Crippen MR) is 143 cm³/mol. The van der Waals surface area contributed by atoms with E-state index in [2.05, 4.69) is 39.6 Å². The number of aromatic nitrogens is 1. The molecule has 8 heteroatoms. The van der Waals surface area contributed by atoms with Crippen LogP contribution in [0, 0.1) is 5.92 Å². The van der Waals surface area contributed by atoms with Gasteiger partial charge in [-0.2, -0.15) is 0 Å². The van der Waals surface area contributed by atoms with Gasteiger partial charge < -0.3 is 25.0 Å². The molecular formula is C24H36IN5O2. The van der Waals surface area contributed by atoms with Gasteiger partial charge in [-0.1, -0.05) is 13.0 Å². The maximum absolute atomic E-state index is 5.59. The maximum atomic E-state index is 5.59. The van der Waals surface area contributed by atoms with Crippen LogP contribution in [-0.2, 0) is 6.54 Å². The average Bonchev–Trinajstić information content (AvgIpc) is 2.79. The first-order valence-electron chi connectivity index (χ1n) is 11.2. The molecule has 0 unspecified atom stereocenters. The Hall–Kier alpha value is -2.23. The number of guanidine groups is 1. The van der Waals surface area contributed by atoms with E-state index in [0.29, 0.717) is 24.9 Å². The molecule has 1 aliphatic heterocycles. The Morgan fingerprint density at radius 1 is 1.16 bits per heavy atom. The van der Waals surface area contributed by atoms with Crippen molar-refractivity contribution in [2.75, 3.05) is 43.6 Å². The molecule has 0 radical (unpaired) electrons. The monoisotopic (exact) mass is 553 g/mol. The number of hydrogen-bond acceptors (Lipinski definition) is 5. The van der Waals surface area contributed by atoms with Crippen molar-refractivity contribution in [3.05, 3.63) is 42.1 Å². The number of hydrogen-bond donors (Lipinski definition) is 2. The van der Waals surface area contributed by atoms with Crippen molar-refractivity contribution in [3.63, 3.8) is 0 Å². The average molecular weight is 553 g/mol. The first-order valence-corrected chi connectivity index (χ1v) is 11.2. The molecule has 32 heavy (non-hydrogen) atoms. The van der Waals surface area contributed by atoms with Gasteiger partial charge in [0.1, 0.15) is 5.82 Å². The Morgan fingerprint density at radius 3 is 2.56 bits per heavy atom. The maximum Gasteiger partial charge on any atom is 0.196 e. The zero-order chi connectivity index (χ0) is 22.1. The smallest absolute Gasteiger partial charge is 0.196 e. The van der Waals surface area contributed by atoms with E-state index < -0.39 is 0 Å².